The lowest BCUT2D eigenvalue weighted by Gasteiger charge is -2.29. The molecule has 2 rings (SSSR count). The highest BCUT2D eigenvalue weighted by Crippen LogP contribution is 2.14. The van der Waals surface area contributed by atoms with E-state index in [2.05, 4.69) is 0 Å². The Morgan fingerprint density at radius 1 is 1.35 bits per heavy atom. The SMILES string of the molecule is NC1CCCN(S(=O)(=O)CCOc2ccc(F)cc2)C1. The molecule has 1 aromatic carbocycles. The minimum Gasteiger partial charge on any atom is -0.492 e. The van der Waals surface area contributed by atoms with Crippen LogP contribution in [0, 0.1) is 5.82 Å². The topological polar surface area (TPSA) is 72.6 Å². The number of piperidine rings is 1. The third-order valence-electron chi connectivity index (χ3n) is 3.24. The summed E-state index contributed by atoms with van der Waals surface area (Å²) in [6, 6.07) is 5.40. The van der Waals surface area contributed by atoms with Gasteiger partial charge in [0.15, 0.2) is 0 Å². The van der Waals surface area contributed by atoms with Crippen molar-refractivity contribution in [1.29, 1.82) is 0 Å². The molecule has 0 aliphatic carbocycles. The summed E-state index contributed by atoms with van der Waals surface area (Å²) >= 11 is 0. The van der Waals surface area contributed by atoms with Crippen molar-refractivity contribution >= 4 is 10.0 Å². The maximum Gasteiger partial charge on any atom is 0.217 e. The largest absolute Gasteiger partial charge is 0.492 e. The first-order chi connectivity index (χ1) is 9.47. The number of halogens is 1. The molecular formula is C13H19FN2O3S. The lowest BCUT2D eigenvalue weighted by Crippen LogP contribution is -2.46. The fraction of sp³-hybridized carbons (Fsp3) is 0.538. The molecule has 0 aromatic heterocycles. The zero-order valence-corrected chi connectivity index (χ0v) is 12.0. The Labute approximate surface area is 118 Å². The van der Waals surface area contributed by atoms with Gasteiger partial charge in [0, 0.05) is 19.1 Å². The summed E-state index contributed by atoms with van der Waals surface area (Å²) in [5.41, 5.74) is 5.78. The third-order valence-corrected chi connectivity index (χ3v) is 5.04. The highest BCUT2D eigenvalue weighted by Gasteiger charge is 2.27. The predicted molar refractivity (Wildman–Crippen MR) is 74.5 cm³/mol. The molecule has 1 fully saturated rings. The van der Waals surface area contributed by atoms with Crippen LogP contribution in [0.25, 0.3) is 0 Å². The van der Waals surface area contributed by atoms with E-state index in [1.807, 2.05) is 0 Å². The second kappa shape index (κ2) is 6.51. The van der Waals surface area contributed by atoms with Crippen molar-refractivity contribution in [2.24, 2.45) is 5.73 Å². The molecule has 0 saturated carbocycles. The monoisotopic (exact) mass is 302 g/mol. The molecule has 1 aromatic rings. The van der Waals surface area contributed by atoms with Gasteiger partial charge in [-0.25, -0.2) is 17.1 Å². The summed E-state index contributed by atoms with van der Waals surface area (Å²) < 4.78 is 43.7. The highest BCUT2D eigenvalue weighted by molar-refractivity contribution is 7.89. The molecule has 1 saturated heterocycles. The highest BCUT2D eigenvalue weighted by atomic mass is 32.2. The third kappa shape index (κ3) is 4.16. The molecule has 1 heterocycles. The smallest absolute Gasteiger partial charge is 0.217 e. The van der Waals surface area contributed by atoms with E-state index in [1.54, 1.807) is 0 Å². The van der Waals surface area contributed by atoms with Gasteiger partial charge in [0.1, 0.15) is 18.2 Å². The van der Waals surface area contributed by atoms with Crippen LogP contribution in [0.5, 0.6) is 5.75 Å². The van der Waals surface area contributed by atoms with Crippen LogP contribution in [0.4, 0.5) is 4.39 Å². The van der Waals surface area contributed by atoms with Gasteiger partial charge >= 0.3 is 0 Å². The predicted octanol–water partition coefficient (Wildman–Crippen LogP) is 0.957. The van der Waals surface area contributed by atoms with Crippen molar-refractivity contribution < 1.29 is 17.5 Å². The van der Waals surface area contributed by atoms with Gasteiger partial charge in [-0.15, -0.1) is 0 Å². The summed E-state index contributed by atoms with van der Waals surface area (Å²) in [5.74, 6) is 0.00103. The standard InChI is InChI=1S/C13H19FN2O3S/c14-11-3-5-13(6-4-11)19-8-9-20(17,18)16-7-1-2-12(15)10-16/h3-6,12H,1-2,7-10,15H2. The van der Waals surface area contributed by atoms with Crippen molar-refractivity contribution in [1.82, 2.24) is 4.31 Å². The minimum absolute atomic E-state index is 0.0414. The lowest BCUT2D eigenvalue weighted by atomic mass is 10.1. The molecule has 20 heavy (non-hydrogen) atoms. The number of benzene rings is 1. The maximum atomic E-state index is 12.7. The van der Waals surface area contributed by atoms with Crippen LogP contribution in [0.1, 0.15) is 12.8 Å². The van der Waals surface area contributed by atoms with Crippen LogP contribution in [0.3, 0.4) is 0 Å². The molecule has 0 amide bonds. The van der Waals surface area contributed by atoms with Crippen molar-refractivity contribution in [3.05, 3.63) is 30.1 Å². The molecule has 0 spiro atoms. The Morgan fingerprint density at radius 2 is 2.05 bits per heavy atom. The summed E-state index contributed by atoms with van der Waals surface area (Å²) in [6.07, 6.45) is 1.65. The normalized spacial score (nSPS) is 20.8. The number of sulfonamides is 1. The average Bonchev–Trinajstić information content (AvgIpc) is 2.41. The van der Waals surface area contributed by atoms with Crippen LogP contribution >= 0.6 is 0 Å². The van der Waals surface area contributed by atoms with Gasteiger partial charge in [0.25, 0.3) is 0 Å². The number of nitrogens with two attached hydrogens (primary N) is 1. The number of rotatable bonds is 5. The maximum absolute atomic E-state index is 12.7. The molecule has 7 heteroatoms. The van der Waals surface area contributed by atoms with Crippen molar-refractivity contribution in [2.45, 2.75) is 18.9 Å². The fourth-order valence-electron chi connectivity index (χ4n) is 2.15. The Bertz CT molecular complexity index is 533. The van der Waals surface area contributed by atoms with E-state index in [0.717, 1.165) is 12.8 Å². The van der Waals surface area contributed by atoms with Gasteiger partial charge in [0.2, 0.25) is 10.0 Å². The lowest BCUT2D eigenvalue weighted by molar-refractivity contribution is 0.305. The molecule has 1 aliphatic heterocycles. The van der Waals surface area contributed by atoms with Gasteiger partial charge in [-0.3, -0.25) is 0 Å². The zero-order valence-electron chi connectivity index (χ0n) is 11.2. The first-order valence-electron chi connectivity index (χ1n) is 6.59. The zero-order chi connectivity index (χ0) is 14.6. The van der Waals surface area contributed by atoms with Gasteiger partial charge in [-0.1, -0.05) is 0 Å². The summed E-state index contributed by atoms with van der Waals surface area (Å²) in [4.78, 5) is 0. The van der Waals surface area contributed by atoms with E-state index < -0.39 is 10.0 Å². The molecule has 5 nitrogen and oxygen atoms in total. The van der Waals surface area contributed by atoms with Crippen molar-refractivity contribution in [3.63, 3.8) is 0 Å². The average molecular weight is 302 g/mol. The second-order valence-corrected chi connectivity index (χ2v) is 6.97. The van der Waals surface area contributed by atoms with Crippen LogP contribution in [-0.2, 0) is 10.0 Å². The molecule has 2 N–H and O–H groups in total. The first-order valence-corrected chi connectivity index (χ1v) is 8.20. The molecule has 112 valence electrons. The second-order valence-electron chi connectivity index (χ2n) is 4.88. The van der Waals surface area contributed by atoms with Crippen LogP contribution in [-0.4, -0.2) is 44.2 Å². The summed E-state index contributed by atoms with van der Waals surface area (Å²) in [5, 5.41) is 0. The van der Waals surface area contributed by atoms with Crippen LogP contribution in [0.2, 0.25) is 0 Å². The molecule has 1 unspecified atom stereocenters. The van der Waals surface area contributed by atoms with Crippen LogP contribution in [0.15, 0.2) is 24.3 Å². The van der Waals surface area contributed by atoms with Crippen molar-refractivity contribution in [2.75, 3.05) is 25.4 Å². The van der Waals surface area contributed by atoms with E-state index in [4.69, 9.17) is 10.5 Å². The Hall–Kier alpha value is -1.18. The quantitative estimate of drug-likeness (QED) is 0.879. The first kappa shape index (κ1) is 15.2. The van der Waals surface area contributed by atoms with Gasteiger partial charge in [-0.05, 0) is 37.1 Å². The molecule has 1 atom stereocenters. The minimum atomic E-state index is -3.34. The Kier molecular flexibility index (Phi) is 4.95. The number of hydrogen-bond acceptors (Lipinski definition) is 4. The number of hydrogen-bond donors (Lipinski definition) is 1. The molecule has 1 aliphatic rings. The summed E-state index contributed by atoms with van der Waals surface area (Å²) in [7, 11) is -3.34. The van der Waals surface area contributed by atoms with E-state index in [1.165, 1.54) is 28.6 Å². The Balaban J connectivity index is 1.84. The van der Waals surface area contributed by atoms with E-state index >= 15 is 0 Å². The number of nitrogens with zero attached hydrogens (tertiary/aromatic N) is 1. The van der Waals surface area contributed by atoms with Crippen molar-refractivity contribution in [3.8, 4) is 5.75 Å². The molecular weight excluding hydrogens is 283 g/mol. The van der Waals surface area contributed by atoms with E-state index in [-0.39, 0.29) is 24.2 Å². The van der Waals surface area contributed by atoms with Crippen LogP contribution < -0.4 is 10.5 Å². The van der Waals surface area contributed by atoms with E-state index in [0.29, 0.717) is 18.8 Å². The van der Waals surface area contributed by atoms with Gasteiger partial charge in [-0.2, -0.15) is 0 Å². The molecule has 0 bridgehead atoms. The Morgan fingerprint density at radius 3 is 2.70 bits per heavy atom. The summed E-state index contributed by atoms with van der Waals surface area (Å²) in [6.45, 7) is 0.936. The van der Waals surface area contributed by atoms with Gasteiger partial charge in [0.05, 0.1) is 5.75 Å². The molecule has 0 radical (unpaired) electrons. The van der Waals surface area contributed by atoms with Gasteiger partial charge < -0.3 is 10.5 Å². The fourth-order valence-corrected chi connectivity index (χ4v) is 3.53. The number of ether oxygens (including phenoxy) is 1. The van der Waals surface area contributed by atoms with E-state index in [9.17, 15) is 12.8 Å².